The van der Waals surface area contributed by atoms with Gasteiger partial charge < -0.3 is 5.32 Å². The average Bonchev–Trinajstić information content (AvgIpc) is 2.79. The van der Waals surface area contributed by atoms with Gasteiger partial charge in [0.2, 0.25) is 0 Å². The van der Waals surface area contributed by atoms with Crippen LogP contribution in [0.2, 0.25) is 10.0 Å². The molecule has 1 saturated carbocycles. The number of thiazole rings is 1. The smallest absolute Gasteiger partial charge is 0.0972 e. The van der Waals surface area contributed by atoms with E-state index in [1.54, 1.807) is 11.3 Å². The highest BCUT2D eigenvalue weighted by atomic mass is 35.5. The number of halogens is 2. The predicted octanol–water partition coefficient (Wildman–Crippen LogP) is 4.01. The van der Waals surface area contributed by atoms with Gasteiger partial charge in [0.05, 0.1) is 15.1 Å². The van der Waals surface area contributed by atoms with Crippen molar-refractivity contribution in [3.05, 3.63) is 49.9 Å². The summed E-state index contributed by atoms with van der Waals surface area (Å²) in [4.78, 5) is 4.70. The monoisotopic (exact) mass is 324 g/mol. The van der Waals surface area contributed by atoms with E-state index in [-0.39, 0.29) is 5.41 Å². The second kappa shape index (κ2) is 4.44. The topological polar surface area (TPSA) is 24.9 Å². The van der Waals surface area contributed by atoms with Gasteiger partial charge in [-0.05, 0) is 37.1 Å². The van der Waals surface area contributed by atoms with Crippen molar-refractivity contribution in [1.29, 1.82) is 0 Å². The molecule has 2 nitrogen and oxygen atoms in total. The molecule has 2 heterocycles. The maximum atomic E-state index is 6.21. The van der Waals surface area contributed by atoms with Gasteiger partial charge in [-0.15, -0.1) is 11.3 Å². The highest BCUT2D eigenvalue weighted by Gasteiger charge is 2.69. The molecule has 20 heavy (non-hydrogen) atoms. The summed E-state index contributed by atoms with van der Waals surface area (Å²) in [5, 5.41) is 8.17. The molecule has 1 saturated heterocycles. The minimum atomic E-state index is 0.165. The van der Waals surface area contributed by atoms with Gasteiger partial charge in [-0.3, -0.25) is 0 Å². The maximum absolute atomic E-state index is 6.21. The summed E-state index contributed by atoms with van der Waals surface area (Å²) >= 11 is 14.0. The summed E-state index contributed by atoms with van der Waals surface area (Å²) in [6.07, 6.45) is 0. The molecule has 1 aromatic carbocycles. The van der Waals surface area contributed by atoms with Crippen LogP contribution in [0.4, 0.5) is 0 Å². The number of hydrogen-bond donors (Lipinski definition) is 1. The van der Waals surface area contributed by atoms with Crippen molar-refractivity contribution in [2.75, 3.05) is 13.1 Å². The molecular formula is C15H14Cl2N2S. The molecule has 0 spiro atoms. The van der Waals surface area contributed by atoms with Crippen LogP contribution in [0.3, 0.4) is 0 Å². The van der Waals surface area contributed by atoms with Crippen LogP contribution in [0, 0.1) is 12.8 Å². The van der Waals surface area contributed by atoms with E-state index in [4.69, 9.17) is 28.2 Å². The summed E-state index contributed by atoms with van der Waals surface area (Å²) in [5.74, 6) is 1.16. The van der Waals surface area contributed by atoms with Gasteiger partial charge in [0, 0.05) is 29.0 Å². The number of nitrogens with one attached hydrogen (secondary N) is 1. The Labute approximate surface area is 132 Å². The second-order valence-corrected chi connectivity index (χ2v) is 7.42. The third kappa shape index (κ3) is 1.70. The van der Waals surface area contributed by atoms with Crippen LogP contribution in [0.5, 0.6) is 0 Å². The van der Waals surface area contributed by atoms with Crippen molar-refractivity contribution in [3.8, 4) is 0 Å². The van der Waals surface area contributed by atoms with E-state index in [9.17, 15) is 0 Å². The molecule has 2 fully saturated rings. The van der Waals surface area contributed by atoms with E-state index in [2.05, 4.69) is 23.7 Å². The lowest BCUT2D eigenvalue weighted by Gasteiger charge is -2.16. The Balaban J connectivity index is 1.76. The van der Waals surface area contributed by atoms with Crippen molar-refractivity contribution in [2.24, 2.45) is 5.92 Å². The molecule has 3 atom stereocenters. The van der Waals surface area contributed by atoms with Crippen molar-refractivity contribution < 1.29 is 0 Å². The fraction of sp³-hybridized carbons (Fsp3) is 0.400. The van der Waals surface area contributed by atoms with E-state index in [1.165, 1.54) is 10.6 Å². The average molecular weight is 325 g/mol. The maximum Gasteiger partial charge on any atom is 0.0972 e. The molecule has 0 bridgehead atoms. The zero-order valence-corrected chi connectivity index (χ0v) is 13.3. The van der Waals surface area contributed by atoms with Crippen LogP contribution in [-0.4, -0.2) is 18.1 Å². The first kappa shape index (κ1) is 13.1. The quantitative estimate of drug-likeness (QED) is 0.902. The Morgan fingerprint density at radius 3 is 2.90 bits per heavy atom. The molecule has 2 aromatic rings. The summed E-state index contributed by atoms with van der Waals surface area (Å²) in [5.41, 5.74) is 2.57. The number of aromatic nitrogens is 1. The lowest BCUT2D eigenvalue weighted by atomic mass is 9.93. The van der Waals surface area contributed by atoms with E-state index < -0.39 is 0 Å². The van der Waals surface area contributed by atoms with E-state index in [0.717, 1.165) is 18.8 Å². The highest BCUT2D eigenvalue weighted by molar-refractivity contribution is 7.09. The van der Waals surface area contributed by atoms with Crippen molar-refractivity contribution >= 4 is 34.5 Å². The van der Waals surface area contributed by atoms with Crippen LogP contribution in [0.25, 0.3) is 0 Å². The van der Waals surface area contributed by atoms with Crippen LogP contribution < -0.4 is 5.32 Å². The van der Waals surface area contributed by atoms with Crippen LogP contribution in [-0.2, 0) is 5.41 Å². The Morgan fingerprint density at radius 2 is 2.20 bits per heavy atom. The van der Waals surface area contributed by atoms with Crippen molar-refractivity contribution in [3.63, 3.8) is 0 Å². The molecular weight excluding hydrogens is 311 g/mol. The summed E-state index contributed by atoms with van der Waals surface area (Å²) < 4.78 is 0. The van der Waals surface area contributed by atoms with Gasteiger partial charge in [-0.1, -0.05) is 29.3 Å². The predicted molar refractivity (Wildman–Crippen MR) is 84.1 cm³/mol. The summed E-state index contributed by atoms with van der Waals surface area (Å²) in [6, 6.07) is 6.06. The molecule has 1 aliphatic carbocycles. The highest BCUT2D eigenvalue weighted by Crippen LogP contribution is 2.67. The first-order valence-corrected chi connectivity index (χ1v) is 8.35. The van der Waals surface area contributed by atoms with Crippen LogP contribution >= 0.6 is 34.5 Å². The Morgan fingerprint density at radius 1 is 1.35 bits per heavy atom. The standard InChI is InChI=1S/C15H14Cl2N2S/c1-8-6-20-14(19-8)13-10-5-18-7-15(10,13)9-2-3-11(16)12(17)4-9/h2-4,6,10,13,18H,5,7H2,1H3. The van der Waals surface area contributed by atoms with Gasteiger partial charge in [0.15, 0.2) is 0 Å². The van der Waals surface area contributed by atoms with Gasteiger partial charge in [0.1, 0.15) is 0 Å². The van der Waals surface area contributed by atoms with Gasteiger partial charge in [-0.2, -0.15) is 0 Å². The van der Waals surface area contributed by atoms with Crippen LogP contribution in [0.15, 0.2) is 23.6 Å². The molecule has 3 unspecified atom stereocenters. The first-order valence-electron chi connectivity index (χ1n) is 6.71. The molecule has 5 heteroatoms. The lowest BCUT2D eigenvalue weighted by Crippen LogP contribution is -2.22. The Bertz CT molecular complexity index is 684. The number of benzene rings is 1. The van der Waals surface area contributed by atoms with Gasteiger partial charge in [-0.25, -0.2) is 4.98 Å². The number of rotatable bonds is 2. The third-order valence-corrected chi connectivity index (χ3v) is 6.44. The number of fused-ring (bicyclic) bond motifs is 1. The fourth-order valence-electron chi connectivity index (χ4n) is 3.68. The fourth-order valence-corrected chi connectivity index (χ4v) is 5.04. The largest absolute Gasteiger partial charge is 0.315 e. The Hall–Kier alpha value is -0.610. The van der Waals surface area contributed by atoms with E-state index in [0.29, 0.717) is 21.9 Å². The van der Waals surface area contributed by atoms with Gasteiger partial charge in [0.25, 0.3) is 0 Å². The number of nitrogens with zero attached hydrogens (tertiary/aromatic N) is 1. The molecule has 1 aliphatic heterocycles. The molecule has 1 aromatic heterocycles. The molecule has 2 aliphatic rings. The third-order valence-electron chi connectivity index (χ3n) is 4.65. The SMILES string of the molecule is Cc1csc(C2C3CNCC32c2ccc(Cl)c(Cl)c2)n1. The molecule has 0 amide bonds. The summed E-state index contributed by atoms with van der Waals surface area (Å²) in [6.45, 7) is 4.12. The lowest BCUT2D eigenvalue weighted by molar-refractivity contribution is 0.634. The Kier molecular flexibility index (Phi) is 2.90. The minimum Gasteiger partial charge on any atom is -0.315 e. The summed E-state index contributed by atoms with van der Waals surface area (Å²) in [7, 11) is 0. The van der Waals surface area contributed by atoms with Crippen molar-refractivity contribution in [2.45, 2.75) is 18.3 Å². The zero-order chi connectivity index (χ0) is 13.9. The minimum absolute atomic E-state index is 0.165. The molecule has 1 N–H and O–H groups in total. The number of piperidine rings is 1. The first-order chi connectivity index (χ1) is 9.63. The van der Waals surface area contributed by atoms with Gasteiger partial charge >= 0.3 is 0 Å². The molecule has 4 rings (SSSR count). The molecule has 104 valence electrons. The number of hydrogen-bond acceptors (Lipinski definition) is 3. The van der Waals surface area contributed by atoms with Crippen LogP contribution in [0.1, 0.15) is 22.2 Å². The normalized spacial score (nSPS) is 31.4. The van der Waals surface area contributed by atoms with E-state index in [1.807, 2.05) is 12.1 Å². The zero-order valence-electron chi connectivity index (χ0n) is 11.0. The van der Waals surface area contributed by atoms with E-state index >= 15 is 0 Å². The number of aryl methyl sites for hydroxylation is 1. The molecule has 0 radical (unpaired) electrons. The van der Waals surface area contributed by atoms with Crippen molar-refractivity contribution in [1.82, 2.24) is 10.3 Å². The second-order valence-electron chi connectivity index (χ2n) is 5.71.